The van der Waals surface area contributed by atoms with Gasteiger partial charge in [-0.2, -0.15) is 0 Å². The number of hydrogen-bond acceptors (Lipinski definition) is 0. The number of rotatable bonds is 0. The molecule has 1 atom stereocenters. The van der Waals surface area contributed by atoms with Gasteiger partial charge in [0.1, 0.15) is 13.3 Å². The molecule has 1 rings (SSSR count). The fraction of sp³-hybridized carbons (Fsp3) is 0.909. The van der Waals surface area contributed by atoms with Gasteiger partial charge in [0.05, 0.1) is 0 Å². The van der Waals surface area contributed by atoms with Crippen LogP contribution in [0.5, 0.6) is 0 Å². The molecule has 0 aliphatic carbocycles. The molecule has 0 amide bonds. The fourth-order valence-electron chi connectivity index (χ4n) is 1.90. The second kappa shape index (κ2) is 3.39. The molecule has 0 aromatic rings. The third-order valence-corrected chi connectivity index (χ3v) is 4.42. The van der Waals surface area contributed by atoms with Crippen LogP contribution in [0.4, 0.5) is 0 Å². The molecule has 1 aliphatic rings. The second-order valence-corrected chi connectivity index (χ2v) is 5.21. The molecule has 0 aromatic carbocycles. The van der Waals surface area contributed by atoms with Gasteiger partial charge in [-0.25, -0.2) is 4.58 Å². The third-order valence-electron chi connectivity index (χ3n) is 4.42. The van der Waals surface area contributed by atoms with E-state index in [2.05, 4.69) is 52.5 Å². The van der Waals surface area contributed by atoms with E-state index in [1.165, 1.54) is 6.42 Å². The average molecular weight is 187 g/mol. The van der Waals surface area contributed by atoms with Crippen molar-refractivity contribution in [3.8, 4) is 0 Å². The van der Waals surface area contributed by atoms with Gasteiger partial charge < -0.3 is 4.70 Å². The van der Waals surface area contributed by atoms with Crippen molar-refractivity contribution in [2.75, 3.05) is 7.05 Å². The highest BCUT2D eigenvalue weighted by atomic mass is 19.0. The molecule has 1 aliphatic heterocycles. The summed E-state index contributed by atoms with van der Waals surface area (Å²) in [6.07, 6.45) is 3.54. The van der Waals surface area contributed by atoms with Crippen LogP contribution in [0, 0.1) is 11.3 Å². The molecular weight excluding hydrogens is 165 g/mol. The smallest absolute Gasteiger partial charge is 0.161 e. The maximum Gasteiger partial charge on any atom is 0.161 e. The van der Waals surface area contributed by atoms with E-state index in [4.69, 9.17) is 0 Å². The van der Waals surface area contributed by atoms with Crippen molar-refractivity contribution in [1.82, 2.24) is 0 Å². The van der Waals surface area contributed by atoms with Gasteiger partial charge in [-0.15, -0.1) is 0 Å². The van der Waals surface area contributed by atoms with Crippen LogP contribution < -0.4 is 4.70 Å². The summed E-state index contributed by atoms with van der Waals surface area (Å²) in [4.78, 5) is 0. The van der Waals surface area contributed by atoms with E-state index in [9.17, 15) is 0 Å². The average Bonchev–Trinajstić information content (AvgIpc) is 1.96. The first-order chi connectivity index (χ1) is 5.30. The Kier molecular flexibility index (Phi) is 3.29. The van der Waals surface area contributed by atoms with Crippen molar-refractivity contribution in [3.63, 3.8) is 0 Å². The molecule has 0 N–H and O–H groups in total. The highest BCUT2D eigenvalue weighted by molar-refractivity contribution is 5.53. The number of nitrogens with zero attached hydrogens (tertiary/aromatic N) is 1. The van der Waals surface area contributed by atoms with Crippen molar-refractivity contribution in [1.29, 1.82) is 0 Å². The van der Waals surface area contributed by atoms with Crippen molar-refractivity contribution in [3.05, 3.63) is 0 Å². The molecule has 1 nitrogen and oxygen atoms in total. The molecule has 1 unspecified atom stereocenters. The maximum absolute atomic E-state index is 2.38. The minimum Gasteiger partial charge on any atom is -1.00 e. The summed E-state index contributed by atoms with van der Waals surface area (Å²) in [7, 11) is 2.19. The molecule has 0 saturated carbocycles. The lowest BCUT2D eigenvalue weighted by Crippen LogP contribution is -3.00. The molecule has 13 heavy (non-hydrogen) atoms. The topological polar surface area (TPSA) is 3.01 Å². The zero-order valence-corrected chi connectivity index (χ0v) is 9.69. The van der Waals surface area contributed by atoms with Gasteiger partial charge in [0.2, 0.25) is 0 Å². The van der Waals surface area contributed by atoms with Crippen LogP contribution in [-0.4, -0.2) is 23.4 Å². The highest BCUT2D eigenvalue weighted by Crippen LogP contribution is 2.43. The Labute approximate surface area is 81.2 Å². The molecule has 0 aromatic heterocycles. The third kappa shape index (κ3) is 1.63. The Morgan fingerprint density at radius 1 is 1.23 bits per heavy atom. The number of halogens is 1. The van der Waals surface area contributed by atoms with Gasteiger partial charge in [-0.05, 0) is 5.92 Å². The van der Waals surface area contributed by atoms with Crippen molar-refractivity contribution >= 4 is 6.21 Å². The first-order valence-electron chi connectivity index (χ1n) is 4.86. The van der Waals surface area contributed by atoms with Crippen LogP contribution in [-0.2, 0) is 0 Å². The number of hydrogen-bond donors (Lipinski definition) is 0. The first-order valence-corrected chi connectivity index (χ1v) is 4.86. The van der Waals surface area contributed by atoms with E-state index in [-0.39, 0.29) is 10.2 Å². The molecule has 1 heterocycles. The quantitative estimate of drug-likeness (QED) is 0.452. The SMILES string of the molecule is CC1CC=[N+](C)C(C)(C)C1(C)C.[F-]. The normalized spacial score (nSPS) is 30.3. The summed E-state index contributed by atoms with van der Waals surface area (Å²) >= 11 is 0. The van der Waals surface area contributed by atoms with Crippen LogP contribution in [0.25, 0.3) is 0 Å². The Bertz CT molecular complexity index is 216. The fourth-order valence-corrected chi connectivity index (χ4v) is 1.90. The van der Waals surface area contributed by atoms with Crippen LogP contribution in [0.1, 0.15) is 41.0 Å². The van der Waals surface area contributed by atoms with Gasteiger partial charge in [0, 0.05) is 25.7 Å². The summed E-state index contributed by atoms with van der Waals surface area (Å²) in [6.45, 7) is 11.8. The molecule has 0 bridgehead atoms. The largest absolute Gasteiger partial charge is 1.00 e. The predicted molar refractivity (Wildman–Crippen MR) is 53.9 cm³/mol. The lowest BCUT2D eigenvalue weighted by molar-refractivity contribution is -0.600. The molecule has 0 saturated heterocycles. The van der Waals surface area contributed by atoms with E-state index in [1.807, 2.05) is 0 Å². The molecule has 0 fully saturated rings. The maximum atomic E-state index is 2.38. The van der Waals surface area contributed by atoms with E-state index >= 15 is 0 Å². The summed E-state index contributed by atoms with van der Waals surface area (Å²) in [5.74, 6) is 0.781. The van der Waals surface area contributed by atoms with Crippen molar-refractivity contribution in [2.45, 2.75) is 46.6 Å². The van der Waals surface area contributed by atoms with Gasteiger partial charge in [0.15, 0.2) is 5.54 Å². The molecule has 2 heteroatoms. The summed E-state index contributed by atoms with van der Waals surface area (Å²) in [6, 6.07) is 0. The van der Waals surface area contributed by atoms with Crippen LogP contribution in [0.3, 0.4) is 0 Å². The van der Waals surface area contributed by atoms with Crippen LogP contribution in [0.2, 0.25) is 0 Å². The van der Waals surface area contributed by atoms with Crippen molar-refractivity contribution < 1.29 is 9.28 Å². The molecular formula is C11H22FN. The van der Waals surface area contributed by atoms with E-state index in [0.717, 1.165) is 5.92 Å². The first kappa shape index (κ1) is 12.6. The van der Waals surface area contributed by atoms with E-state index < -0.39 is 0 Å². The van der Waals surface area contributed by atoms with Gasteiger partial charge >= 0.3 is 0 Å². The Hall–Kier alpha value is -0.400. The van der Waals surface area contributed by atoms with Crippen molar-refractivity contribution in [2.24, 2.45) is 11.3 Å². The predicted octanol–water partition coefficient (Wildman–Crippen LogP) is -0.452. The summed E-state index contributed by atoms with van der Waals surface area (Å²) in [5, 5.41) is 0. The van der Waals surface area contributed by atoms with Gasteiger partial charge in [-0.3, -0.25) is 0 Å². The second-order valence-electron chi connectivity index (χ2n) is 5.21. The lowest BCUT2D eigenvalue weighted by Gasteiger charge is -2.44. The van der Waals surface area contributed by atoms with Crippen LogP contribution in [0.15, 0.2) is 0 Å². The minimum atomic E-state index is 0. The highest BCUT2D eigenvalue weighted by Gasteiger charge is 2.50. The van der Waals surface area contributed by atoms with Gasteiger partial charge in [0.25, 0.3) is 0 Å². The molecule has 0 radical (unpaired) electrons. The summed E-state index contributed by atoms with van der Waals surface area (Å²) in [5.41, 5.74) is 0.682. The Balaban J connectivity index is 0.00000144. The zero-order valence-electron chi connectivity index (χ0n) is 9.69. The summed E-state index contributed by atoms with van der Waals surface area (Å²) < 4.78 is 2.37. The molecule has 0 spiro atoms. The minimum absolute atomic E-state index is 0. The Morgan fingerprint density at radius 2 is 1.69 bits per heavy atom. The van der Waals surface area contributed by atoms with E-state index in [0.29, 0.717) is 5.41 Å². The van der Waals surface area contributed by atoms with E-state index in [1.54, 1.807) is 0 Å². The lowest BCUT2D eigenvalue weighted by atomic mass is 9.64. The monoisotopic (exact) mass is 187 g/mol. The zero-order chi connectivity index (χ0) is 9.57. The standard InChI is InChI=1S/C11H22N.FH/c1-9-7-8-12(6)11(4,5)10(9,2)3;/h8-9H,7H2,1-6H3;1H/q+1;/p-1. The van der Waals surface area contributed by atoms with Crippen LogP contribution >= 0.6 is 0 Å². The Morgan fingerprint density at radius 3 is 2.08 bits per heavy atom. The molecule has 78 valence electrons. The van der Waals surface area contributed by atoms with Gasteiger partial charge in [-0.1, -0.05) is 20.8 Å².